The van der Waals surface area contributed by atoms with Crippen LogP contribution < -0.4 is 12.4 Å². The number of nitrogens with zero attached hydrogens (tertiary/aromatic N) is 1. The lowest BCUT2D eigenvalue weighted by atomic mass is 10.0. The highest BCUT2D eigenvalue weighted by Gasteiger charge is 2.04. The van der Waals surface area contributed by atoms with Gasteiger partial charge in [0.05, 0.1) is 27.7 Å². The summed E-state index contributed by atoms with van der Waals surface area (Å²) in [6.45, 7) is 3.63. The molecule has 2 nitrogen and oxygen atoms in total. The molecule has 0 radical (unpaired) electrons. The molecular formula is C20H46ClNO. The van der Waals surface area contributed by atoms with Crippen LogP contribution in [-0.2, 0) is 0 Å². The van der Waals surface area contributed by atoms with Crippen molar-refractivity contribution < 1.29 is 22.0 Å². The minimum absolute atomic E-state index is 0. The van der Waals surface area contributed by atoms with E-state index in [0.29, 0.717) is 0 Å². The third-order valence-electron chi connectivity index (χ3n) is 4.18. The van der Waals surface area contributed by atoms with Crippen molar-refractivity contribution in [3.63, 3.8) is 0 Å². The van der Waals surface area contributed by atoms with Gasteiger partial charge in [-0.25, -0.2) is 0 Å². The maximum Gasteiger partial charge on any atom is 0.0780 e. The topological polar surface area (TPSA) is 20.2 Å². The second-order valence-electron chi connectivity index (χ2n) is 7.61. The summed E-state index contributed by atoms with van der Waals surface area (Å²) >= 11 is 0. The molecule has 0 saturated carbocycles. The van der Waals surface area contributed by atoms with Crippen molar-refractivity contribution in [3.8, 4) is 0 Å². The predicted octanol–water partition coefficient (Wildman–Crippen LogP) is 2.79. The lowest BCUT2D eigenvalue weighted by Crippen LogP contribution is -3.00. The van der Waals surface area contributed by atoms with E-state index >= 15 is 0 Å². The standard InChI is InChI=1S/C19H42N.CH4O.ClH/c1-5-6-7-8-9-10-11-12-13-14-15-16-17-18-19-20(2,3)4;1-2;/h5-19H2,1-4H3;2H,1H3;1H/q+1;;/p-1. The predicted molar refractivity (Wildman–Crippen MR) is 101 cm³/mol. The third-order valence-corrected chi connectivity index (χ3v) is 4.18. The SMILES string of the molecule is CCCCCCCCCCCCCCCC[N+](C)(C)C.CO.[Cl-]. The molecule has 23 heavy (non-hydrogen) atoms. The number of aliphatic hydroxyl groups excluding tert-OH is 1. The lowest BCUT2D eigenvalue weighted by Gasteiger charge is -2.23. The highest BCUT2D eigenvalue weighted by molar-refractivity contribution is 4.49. The highest BCUT2D eigenvalue weighted by Crippen LogP contribution is 2.13. The third kappa shape index (κ3) is 30.6. The minimum atomic E-state index is 0. The Morgan fingerprint density at radius 2 is 0.783 bits per heavy atom. The van der Waals surface area contributed by atoms with Crippen LogP contribution in [0.3, 0.4) is 0 Å². The first kappa shape index (κ1) is 28.0. The average Bonchev–Trinajstić information content (AvgIpc) is 2.48. The molecule has 144 valence electrons. The van der Waals surface area contributed by atoms with Crippen LogP contribution in [-0.4, -0.2) is 44.4 Å². The number of halogens is 1. The number of quaternary nitrogens is 1. The summed E-state index contributed by atoms with van der Waals surface area (Å²) in [7, 11) is 7.88. The van der Waals surface area contributed by atoms with E-state index in [9.17, 15) is 0 Å². The maximum atomic E-state index is 7.00. The largest absolute Gasteiger partial charge is 1.00 e. The Morgan fingerprint density at radius 3 is 1.04 bits per heavy atom. The fourth-order valence-corrected chi connectivity index (χ4v) is 2.78. The highest BCUT2D eigenvalue weighted by atomic mass is 35.5. The van der Waals surface area contributed by atoms with Gasteiger partial charge in [0, 0.05) is 7.11 Å². The molecular weight excluding hydrogens is 306 g/mol. The number of aliphatic hydroxyl groups is 1. The minimum Gasteiger partial charge on any atom is -1.00 e. The van der Waals surface area contributed by atoms with E-state index < -0.39 is 0 Å². The van der Waals surface area contributed by atoms with Gasteiger partial charge in [-0.3, -0.25) is 0 Å². The number of hydrogen-bond acceptors (Lipinski definition) is 1. The van der Waals surface area contributed by atoms with E-state index in [1.807, 2.05) is 0 Å². The Morgan fingerprint density at radius 1 is 0.522 bits per heavy atom. The van der Waals surface area contributed by atoms with Gasteiger partial charge in [-0.05, 0) is 12.8 Å². The smallest absolute Gasteiger partial charge is 0.0780 e. The maximum absolute atomic E-state index is 7.00. The zero-order valence-corrected chi connectivity index (χ0v) is 17.6. The molecule has 1 N–H and O–H groups in total. The van der Waals surface area contributed by atoms with Gasteiger partial charge >= 0.3 is 0 Å². The van der Waals surface area contributed by atoms with Crippen LogP contribution in [0.15, 0.2) is 0 Å². The van der Waals surface area contributed by atoms with Crippen LogP contribution in [0.1, 0.15) is 96.8 Å². The van der Waals surface area contributed by atoms with Crippen LogP contribution in [0.5, 0.6) is 0 Å². The first-order chi connectivity index (χ1) is 10.6. The molecule has 0 rings (SSSR count). The van der Waals surface area contributed by atoms with E-state index in [2.05, 4.69) is 28.1 Å². The molecule has 0 heterocycles. The summed E-state index contributed by atoms with van der Waals surface area (Å²) < 4.78 is 1.12. The molecule has 0 atom stereocenters. The molecule has 0 aromatic carbocycles. The van der Waals surface area contributed by atoms with Crippen molar-refractivity contribution >= 4 is 0 Å². The van der Waals surface area contributed by atoms with Crippen LogP contribution in [0.2, 0.25) is 0 Å². The van der Waals surface area contributed by atoms with Gasteiger partial charge in [0.15, 0.2) is 0 Å². The van der Waals surface area contributed by atoms with E-state index in [1.165, 1.54) is 96.4 Å². The summed E-state index contributed by atoms with van der Waals surface area (Å²) in [6, 6.07) is 0. The molecule has 0 saturated heterocycles. The molecule has 0 aromatic heterocycles. The van der Waals surface area contributed by atoms with Gasteiger partial charge in [0.25, 0.3) is 0 Å². The molecule has 0 aliphatic heterocycles. The Bertz CT molecular complexity index is 193. The van der Waals surface area contributed by atoms with E-state index in [1.54, 1.807) is 0 Å². The van der Waals surface area contributed by atoms with Gasteiger partial charge in [0.2, 0.25) is 0 Å². The van der Waals surface area contributed by atoms with Gasteiger partial charge in [-0.15, -0.1) is 0 Å². The second kappa shape index (κ2) is 22.2. The van der Waals surface area contributed by atoms with Gasteiger partial charge in [-0.1, -0.05) is 84.0 Å². The van der Waals surface area contributed by atoms with Gasteiger partial charge < -0.3 is 22.0 Å². The number of hydrogen-bond donors (Lipinski definition) is 1. The molecule has 0 unspecified atom stereocenters. The molecule has 0 fully saturated rings. The second-order valence-corrected chi connectivity index (χ2v) is 7.61. The zero-order valence-electron chi connectivity index (χ0n) is 16.9. The molecule has 0 spiro atoms. The van der Waals surface area contributed by atoms with Crippen molar-refractivity contribution in [2.24, 2.45) is 0 Å². The summed E-state index contributed by atoms with van der Waals surface area (Å²) in [4.78, 5) is 0. The van der Waals surface area contributed by atoms with Gasteiger partial charge in [0.1, 0.15) is 0 Å². The molecule has 0 aliphatic rings. The van der Waals surface area contributed by atoms with Crippen molar-refractivity contribution in [3.05, 3.63) is 0 Å². The molecule has 0 aromatic rings. The average molecular weight is 352 g/mol. The van der Waals surface area contributed by atoms with Crippen LogP contribution in [0.4, 0.5) is 0 Å². The van der Waals surface area contributed by atoms with Gasteiger partial charge in [-0.2, -0.15) is 0 Å². The van der Waals surface area contributed by atoms with Crippen molar-refractivity contribution in [2.45, 2.75) is 96.8 Å². The Kier molecular flexibility index (Phi) is 27.1. The monoisotopic (exact) mass is 351 g/mol. The molecule has 0 bridgehead atoms. The first-order valence-corrected chi connectivity index (χ1v) is 9.81. The number of unbranched alkanes of at least 4 members (excludes halogenated alkanes) is 13. The summed E-state index contributed by atoms with van der Waals surface area (Å²) in [5.74, 6) is 0. The fraction of sp³-hybridized carbons (Fsp3) is 1.00. The first-order valence-electron chi connectivity index (χ1n) is 9.81. The molecule has 0 amide bonds. The van der Waals surface area contributed by atoms with E-state index in [4.69, 9.17) is 5.11 Å². The van der Waals surface area contributed by atoms with E-state index in [-0.39, 0.29) is 12.4 Å². The van der Waals surface area contributed by atoms with Crippen LogP contribution in [0, 0.1) is 0 Å². The Hall–Kier alpha value is 0.210. The summed E-state index contributed by atoms with van der Waals surface area (Å²) in [6.07, 6.45) is 20.4. The van der Waals surface area contributed by atoms with Crippen molar-refractivity contribution in [1.29, 1.82) is 0 Å². The molecule has 0 aliphatic carbocycles. The quantitative estimate of drug-likeness (QED) is 0.355. The van der Waals surface area contributed by atoms with Crippen molar-refractivity contribution in [1.82, 2.24) is 0 Å². The van der Waals surface area contributed by atoms with Crippen LogP contribution >= 0.6 is 0 Å². The van der Waals surface area contributed by atoms with E-state index in [0.717, 1.165) is 11.6 Å². The number of rotatable bonds is 15. The Balaban J connectivity index is -0.00000128. The normalized spacial score (nSPS) is 10.7. The Labute approximate surface area is 154 Å². The zero-order chi connectivity index (χ0) is 17.1. The summed E-state index contributed by atoms with van der Waals surface area (Å²) in [5.41, 5.74) is 0. The van der Waals surface area contributed by atoms with Crippen molar-refractivity contribution in [2.75, 3.05) is 34.8 Å². The fourth-order valence-electron chi connectivity index (χ4n) is 2.78. The summed E-state index contributed by atoms with van der Waals surface area (Å²) in [5, 5.41) is 7.00. The lowest BCUT2D eigenvalue weighted by molar-refractivity contribution is -0.870. The van der Waals surface area contributed by atoms with Crippen LogP contribution in [0.25, 0.3) is 0 Å². The molecule has 3 heteroatoms.